The molecule has 1 rings (SSSR count). The number of amides is 2. The van der Waals surface area contributed by atoms with Crippen molar-refractivity contribution < 1.29 is 22.0 Å². The number of hydrogen-bond acceptors (Lipinski definition) is 3. The van der Waals surface area contributed by atoms with Gasteiger partial charge < -0.3 is 10.2 Å². The molecular weight excluding hydrogens is 326 g/mol. The van der Waals surface area contributed by atoms with Crippen LogP contribution in [0.4, 0.5) is 13.6 Å². The van der Waals surface area contributed by atoms with Gasteiger partial charge >= 0.3 is 6.03 Å². The van der Waals surface area contributed by atoms with E-state index in [0.29, 0.717) is 0 Å². The predicted octanol–water partition coefficient (Wildman–Crippen LogP) is 1.97. The van der Waals surface area contributed by atoms with Crippen LogP contribution in [0, 0.1) is 11.6 Å². The van der Waals surface area contributed by atoms with E-state index < -0.39 is 33.5 Å². The first kappa shape index (κ1) is 19.3. The average molecular weight is 348 g/mol. The van der Waals surface area contributed by atoms with E-state index >= 15 is 0 Å². The number of nitrogens with zero attached hydrogens (tertiary/aromatic N) is 1. The topological polar surface area (TPSA) is 66.5 Å². The quantitative estimate of drug-likeness (QED) is 0.819. The highest BCUT2D eigenvalue weighted by atomic mass is 32.2. The van der Waals surface area contributed by atoms with E-state index in [0.717, 1.165) is 6.07 Å². The second-order valence-electron chi connectivity index (χ2n) is 5.35. The van der Waals surface area contributed by atoms with E-state index in [-0.39, 0.29) is 30.0 Å². The van der Waals surface area contributed by atoms with E-state index in [9.17, 15) is 22.0 Å². The fraction of sp³-hybridized carbons (Fsp3) is 0.533. The fourth-order valence-electron chi connectivity index (χ4n) is 1.97. The first-order valence-electron chi connectivity index (χ1n) is 7.32. The zero-order valence-electron chi connectivity index (χ0n) is 13.5. The summed E-state index contributed by atoms with van der Waals surface area (Å²) in [6.07, 6.45) is 0.144. The van der Waals surface area contributed by atoms with Crippen molar-refractivity contribution in [2.45, 2.75) is 26.3 Å². The molecule has 130 valence electrons. The number of urea groups is 1. The largest absolute Gasteiger partial charge is 0.338 e. The number of carbonyl (C=O) groups excluding carboxylic acids is 1. The fourth-order valence-corrected chi connectivity index (χ4v) is 3.16. The summed E-state index contributed by atoms with van der Waals surface area (Å²) in [5.74, 6) is -1.95. The summed E-state index contributed by atoms with van der Waals surface area (Å²) in [6, 6.07) is 2.94. The van der Waals surface area contributed by atoms with Crippen molar-refractivity contribution in [1.82, 2.24) is 10.2 Å². The molecule has 0 aromatic heterocycles. The number of sulfone groups is 1. The third-order valence-corrected chi connectivity index (χ3v) is 5.49. The third kappa shape index (κ3) is 5.78. The van der Waals surface area contributed by atoms with Crippen molar-refractivity contribution in [3.05, 3.63) is 35.4 Å². The molecule has 2 amide bonds. The monoisotopic (exact) mass is 348 g/mol. The maximum absolute atomic E-state index is 13.5. The van der Waals surface area contributed by atoms with Crippen molar-refractivity contribution in [3.8, 4) is 0 Å². The van der Waals surface area contributed by atoms with Gasteiger partial charge in [-0.15, -0.1) is 0 Å². The minimum Gasteiger partial charge on any atom is -0.338 e. The van der Waals surface area contributed by atoms with E-state index in [1.165, 1.54) is 24.1 Å². The molecule has 0 heterocycles. The van der Waals surface area contributed by atoms with Crippen LogP contribution in [0.3, 0.4) is 0 Å². The van der Waals surface area contributed by atoms with E-state index in [1.807, 2.05) is 0 Å². The minimum atomic E-state index is -3.18. The van der Waals surface area contributed by atoms with Crippen molar-refractivity contribution in [2.24, 2.45) is 0 Å². The number of hydrogen-bond donors (Lipinski definition) is 1. The Kier molecular flexibility index (Phi) is 6.93. The molecule has 0 unspecified atom stereocenters. The van der Waals surface area contributed by atoms with Gasteiger partial charge in [0.1, 0.15) is 0 Å². The Bertz CT molecular complexity index is 650. The lowest BCUT2D eigenvalue weighted by Crippen LogP contribution is -2.45. The Hall–Kier alpha value is -1.70. The number of benzene rings is 1. The Morgan fingerprint density at radius 2 is 2.00 bits per heavy atom. The molecule has 1 aromatic rings. The van der Waals surface area contributed by atoms with Crippen molar-refractivity contribution in [1.29, 1.82) is 0 Å². The SMILES string of the molecule is CCS(=O)(=O)C[C@H](C)N(C)C(=O)NCCc1cccc(F)c1F. The van der Waals surface area contributed by atoms with Crippen molar-refractivity contribution in [2.75, 3.05) is 25.1 Å². The van der Waals surface area contributed by atoms with Gasteiger partial charge in [0.15, 0.2) is 21.5 Å². The Labute approximate surface area is 135 Å². The Morgan fingerprint density at radius 3 is 2.61 bits per heavy atom. The highest BCUT2D eigenvalue weighted by molar-refractivity contribution is 7.91. The van der Waals surface area contributed by atoms with E-state index in [1.54, 1.807) is 13.8 Å². The molecule has 0 aliphatic rings. The predicted molar refractivity (Wildman–Crippen MR) is 85.0 cm³/mol. The normalized spacial score (nSPS) is 12.7. The lowest BCUT2D eigenvalue weighted by Gasteiger charge is -2.25. The lowest BCUT2D eigenvalue weighted by molar-refractivity contribution is 0.198. The highest BCUT2D eigenvalue weighted by Gasteiger charge is 2.21. The molecule has 0 saturated carbocycles. The van der Waals surface area contributed by atoms with Gasteiger partial charge in [0.05, 0.1) is 5.75 Å². The van der Waals surface area contributed by atoms with Crippen LogP contribution in [0.15, 0.2) is 18.2 Å². The van der Waals surface area contributed by atoms with Crippen LogP contribution >= 0.6 is 0 Å². The van der Waals surface area contributed by atoms with E-state index in [2.05, 4.69) is 5.32 Å². The third-order valence-electron chi connectivity index (χ3n) is 3.62. The number of rotatable bonds is 7. The standard InChI is InChI=1S/C15H22F2N2O3S/c1-4-23(21,22)10-11(2)19(3)15(20)18-9-8-12-6-5-7-13(16)14(12)17/h5-7,11H,4,8-10H2,1-3H3,(H,18,20)/t11-/m0/s1. The molecule has 1 atom stereocenters. The van der Waals surface area contributed by atoms with Crippen LogP contribution in [0.5, 0.6) is 0 Å². The second-order valence-corrected chi connectivity index (χ2v) is 7.75. The smallest absolute Gasteiger partial charge is 0.317 e. The van der Waals surface area contributed by atoms with Gasteiger partial charge in [0.25, 0.3) is 0 Å². The number of nitrogens with one attached hydrogen (secondary N) is 1. The van der Waals surface area contributed by atoms with Gasteiger partial charge in [-0.1, -0.05) is 19.1 Å². The Balaban J connectivity index is 2.51. The zero-order valence-corrected chi connectivity index (χ0v) is 14.3. The lowest BCUT2D eigenvalue weighted by atomic mass is 10.1. The Morgan fingerprint density at radius 1 is 1.35 bits per heavy atom. The van der Waals surface area contributed by atoms with Crippen molar-refractivity contribution in [3.63, 3.8) is 0 Å². The molecule has 0 aliphatic carbocycles. The van der Waals surface area contributed by atoms with Gasteiger partial charge in [-0.3, -0.25) is 0 Å². The van der Waals surface area contributed by atoms with Gasteiger partial charge in [-0.2, -0.15) is 0 Å². The first-order valence-corrected chi connectivity index (χ1v) is 9.14. The second kappa shape index (κ2) is 8.24. The molecular formula is C15H22F2N2O3S. The molecule has 23 heavy (non-hydrogen) atoms. The molecule has 1 aromatic carbocycles. The van der Waals surface area contributed by atoms with Gasteiger partial charge in [-0.25, -0.2) is 22.0 Å². The summed E-state index contributed by atoms with van der Waals surface area (Å²) in [5, 5.41) is 2.57. The molecule has 0 bridgehead atoms. The van der Waals surface area contributed by atoms with Crippen LogP contribution < -0.4 is 5.32 Å². The van der Waals surface area contributed by atoms with Crippen molar-refractivity contribution >= 4 is 15.9 Å². The minimum absolute atomic E-state index is 0.0195. The number of halogens is 2. The maximum Gasteiger partial charge on any atom is 0.317 e. The van der Waals surface area contributed by atoms with Crippen LogP contribution in [0.1, 0.15) is 19.4 Å². The zero-order chi connectivity index (χ0) is 17.6. The van der Waals surface area contributed by atoms with Gasteiger partial charge in [0.2, 0.25) is 0 Å². The molecule has 1 N–H and O–H groups in total. The first-order chi connectivity index (χ1) is 10.7. The maximum atomic E-state index is 13.5. The molecule has 0 spiro atoms. The summed E-state index contributed by atoms with van der Waals surface area (Å²) in [4.78, 5) is 13.2. The molecule has 5 nitrogen and oxygen atoms in total. The molecule has 0 saturated heterocycles. The number of carbonyl (C=O) groups is 1. The summed E-state index contributed by atoms with van der Waals surface area (Å²) in [5.41, 5.74) is 0.176. The van der Waals surface area contributed by atoms with Gasteiger partial charge in [-0.05, 0) is 25.0 Å². The van der Waals surface area contributed by atoms with Crippen LogP contribution in [-0.4, -0.2) is 50.5 Å². The van der Waals surface area contributed by atoms with Crippen LogP contribution in [-0.2, 0) is 16.3 Å². The summed E-state index contributed by atoms with van der Waals surface area (Å²) in [7, 11) is -1.69. The molecule has 0 radical (unpaired) electrons. The summed E-state index contributed by atoms with van der Waals surface area (Å²) in [6.45, 7) is 3.31. The molecule has 8 heteroatoms. The average Bonchev–Trinajstić information content (AvgIpc) is 2.50. The molecule has 0 fully saturated rings. The summed E-state index contributed by atoms with van der Waals surface area (Å²) < 4.78 is 49.7. The summed E-state index contributed by atoms with van der Waals surface area (Å²) >= 11 is 0. The molecule has 0 aliphatic heterocycles. The highest BCUT2D eigenvalue weighted by Crippen LogP contribution is 2.11. The van der Waals surface area contributed by atoms with E-state index in [4.69, 9.17) is 0 Å². The van der Waals surface area contributed by atoms with Gasteiger partial charge in [0, 0.05) is 25.4 Å². The van der Waals surface area contributed by atoms with Crippen LogP contribution in [0.25, 0.3) is 0 Å². The van der Waals surface area contributed by atoms with Crippen LogP contribution in [0.2, 0.25) is 0 Å².